The number of alkyl carbamates (subject to hydrolysis) is 1. The number of sulfonamides is 1. The predicted octanol–water partition coefficient (Wildman–Crippen LogP) is 5.86. The number of carbonyl (C=O) groups excluding carboxylic acids is 4. The second kappa shape index (κ2) is 16.3. The van der Waals surface area contributed by atoms with E-state index < -0.39 is 80.4 Å². The Kier molecular flexibility index (Phi) is 11.5. The minimum absolute atomic E-state index is 0.0593. The Hall–Kier alpha value is -4.72. The summed E-state index contributed by atoms with van der Waals surface area (Å²) in [6.07, 6.45) is 8.86. The summed E-state index contributed by atoms with van der Waals surface area (Å²) in [6, 6.07) is 13.2. The highest BCUT2D eigenvalue weighted by Gasteiger charge is 2.62. The van der Waals surface area contributed by atoms with Gasteiger partial charge in [-0.3, -0.25) is 19.1 Å². The van der Waals surface area contributed by atoms with Crippen LogP contribution in [0.4, 0.5) is 4.79 Å². The zero-order valence-electron chi connectivity index (χ0n) is 33.3. The molecule has 3 fully saturated rings. The van der Waals surface area contributed by atoms with Gasteiger partial charge in [-0.05, 0) is 76.8 Å². The average Bonchev–Trinajstić information content (AvgIpc) is 4.08. The molecule has 4 amide bonds. The van der Waals surface area contributed by atoms with Crippen LogP contribution in [-0.2, 0) is 34.0 Å². The highest BCUT2D eigenvalue weighted by atomic mass is 32.2. The van der Waals surface area contributed by atoms with Crippen LogP contribution >= 0.6 is 0 Å². The number of oxime groups is 1. The van der Waals surface area contributed by atoms with Crippen LogP contribution in [0, 0.1) is 5.92 Å². The van der Waals surface area contributed by atoms with Crippen molar-refractivity contribution in [3.05, 3.63) is 71.8 Å². The lowest BCUT2D eigenvalue weighted by atomic mass is 10.0. The van der Waals surface area contributed by atoms with E-state index in [0.717, 1.165) is 41.5 Å². The summed E-state index contributed by atoms with van der Waals surface area (Å²) in [5, 5.41) is 9.91. The van der Waals surface area contributed by atoms with E-state index in [2.05, 4.69) is 15.4 Å². The van der Waals surface area contributed by atoms with Gasteiger partial charge < -0.3 is 25.1 Å². The van der Waals surface area contributed by atoms with Crippen molar-refractivity contribution in [3.63, 3.8) is 0 Å². The fourth-order valence-electron chi connectivity index (χ4n) is 8.42. The normalized spacial score (nSPS) is 28.0. The highest BCUT2D eigenvalue weighted by molar-refractivity contribution is 7.91. The van der Waals surface area contributed by atoms with Gasteiger partial charge in [-0.1, -0.05) is 98.4 Å². The zero-order chi connectivity index (χ0) is 40.5. The number of benzene rings is 2. The molecule has 6 atom stereocenters. The number of carbonyl (C=O) groups is 4. The number of amides is 4. The van der Waals surface area contributed by atoms with Gasteiger partial charge in [-0.15, -0.1) is 0 Å². The van der Waals surface area contributed by atoms with Gasteiger partial charge in [0.25, 0.3) is 5.91 Å². The van der Waals surface area contributed by atoms with Crippen molar-refractivity contribution >= 4 is 39.5 Å². The summed E-state index contributed by atoms with van der Waals surface area (Å²) >= 11 is 0. The molecular formula is C43H55N5O8S. The molecule has 2 saturated carbocycles. The molecule has 14 heteroatoms. The van der Waals surface area contributed by atoms with Gasteiger partial charge in [0.1, 0.15) is 35.0 Å². The van der Waals surface area contributed by atoms with Crippen LogP contribution in [0.15, 0.2) is 65.8 Å². The molecule has 7 rings (SSSR count). The number of nitrogens with one attached hydrogen (secondary N) is 3. The summed E-state index contributed by atoms with van der Waals surface area (Å²) < 4.78 is 33.8. The predicted molar refractivity (Wildman–Crippen MR) is 215 cm³/mol. The number of hydrogen-bond donors (Lipinski definition) is 3. The summed E-state index contributed by atoms with van der Waals surface area (Å²) in [4.78, 5) is 64.9. The molecule has 0 aromatic heterocycles. The Morgan fingerprint density at radius 2 is 1.63 bits per heavy atom. The maximum atomic E-state index is 15.0. The molecular weight excluding hydrogens is 747 g/mol. The van der Waals surface area contributed by atoms with E-state index >= 15 is 4.79 Å². The molecule has 2 heterocycles. The van der Waals surface area contributed by atoms with Crippen molar-refractivity contribution in [1.82, 2.24) is 20.3 Å². The van der Waals surface area contributed by atoms with E-state index in [4.69, 9.17) is 14.7 Å². The Morgan fingerprint density at radius 1 is 0.965 bits per heavy atom. The minimum Gasteiger partial charge on any atom is -0.444 e. The van der Waals surface area contributed by atoms with Gasteiger partial charge in [-0.2, -0.15) is 0 Å². The van der Waals surface area contributed by atoms with Crippen LogP contribution in [0.3, 0.4) is 0 Å². The quantitative estimate of drug-likeness (QED) is 0.178. The van der Waals surface area contributed by atoms with Gasteiger partial charge in [0.2, 0.25) is 21.8 Å². The lowest BCUT2D eigenvalue weighted by molar-refractivity contribution is -0.143. The maximum absolute atomic E-state index is 15.0. The Bertz CT molecular complexity index is 2010. The lowest BCUT2D eigenvalue weighted by Crippen LogP contribution is -2.59. The first-order valence-electron chi connectivity index (χ1n) is 20.5. The number of unbranched alkanes of at least 4 members (excludes halogenated alkanes) is 1. The largest absolute Gasteiger partial charge is 0.444 e. The molecule has 4 unspecified atom stereocenters. The number of rotatable bonds is 9. The van der Waals surface area contributed by atoms with Crippen LogP contribution in [-0.4, -0.2) is 83.5 Å². The van der Waals surface area contributed by atoms with Crippen molar-refractivity contribution in [2.75, 3.05) is 0 Å². The third-order valence-corrected chi connectivity index (χ3v) is 13.4. The fourth-order valence-corrected chi connectivity index (χ4v) is 9.78. The van der Waals surface area contributed by atoms with Crippen LogP contribution in [0.1, 0.15) is 116 Å². The molecule has 57 heavy (non-hydrogen) atoms. The van der Waals surface area contributed by atoms with Crippen LogP contribution in [0.5, 0.6) is 0 Å². The first kappa shape index (κ1) is 40.5. The van der Waals surface area contributed by atoms with Crippen molar-refractivity contribution in [2.24, 2.45) is 11.1 Å². The molecule has 5 aliphatic rings. The molecule has 2 aromatic carbocycles. The van der Waals surface area contributed by atoms with Crippen LogP contribution in [0.25, 0.3) is 11.1 Å². The number of fused-ring (bicyclic) bond motifs is 5. The summed E-state index contributed by atoms with van der Waals surface area (Å²) in [6.45, 7) is 7.29. The van der Waals surface area contributed by atoms with E-state index in [0.29, 0.717) is 50.7 Å². The van der Waals surface area contributed by atoms with Gasteiger partial charge in [-0.25, -0.2) is 13.2 Å². The van der Waals surface area contributed by atoms with Crippen molar-refractivity contribution in [2.45, 2.75) is 145 Å². The van der Waals surface area contributed by atoms with E-state index in [1.165, 1.54) is 4.90 Å². The monoisotopic (exact) mass is 801 g/mol. The Labute approximate surface area is 335 Å². The first-order valence-corrected chi connectivity index (χ1v) is 22.1. The van der Waals surface area contributed by atoms with Crippen molar-refractivity contribution < 1.29 is 37.2 Å². The van der Waals surface area contributed by atoms with Crippen molar-refractivity contribution in [1.29, 1.82) is 0 Å². The molecule has 2 aromatic rings. The topological polar surface area (TPSA) is 173 Å². The van der Waals surface area contributed by atoms with Crippen molar-refractivity contribution in [3.8, 4) is 11.1 Å². The average molecular weight is 802 g/mol. The van der Waals surface area contributed by atoms with E-state index in [-0.39, 0.29) is 12.8 Å². The van der Waals surface area contributed by atoms with Gasteiger partial charge >= 0.3 is 6.09 Å². The van der Waals surface area contributed by atoms with E-state index in [1.807, 2.05) is 67.6 Å². The Balaban J connectivity index is 1.25. The molecule has 1 saturated heterocycles. The molecule has 13 nitrogen and oxygen atoms in total. The first-order chi connectivity index (χ1) is 27.2. The fraction of sp³-hybridized carbons (Fsp3) is 0.558. The van der Waals surface area contributed by atoms with E-state index in [1.54, 1.807) is 20.8 Å². The number of allylic oxidation sites excluding steroid dienone is 1. The summed E-state index contributed by atoms with van der Waals surface area (Å²) in [5.74, 6) is -2.25. The highest BCUT2D eigenvalue weighted by Crippen LogP contribution is 2.46. The Morgan fingerprint density at radius 3 is 2.26 bits per heavy atom. The van der Waals surface area contributed by atoms with Gasteiger partial charge in [0.05, 0.1) is 11.3 Å². The van der Waals surface area contributed by atoms with Crippen LogP contribution in [0.2, 0.25) is 0 Å². The smallest absolute Gasteiger partial charge is 0.408 e. The molecule has 306 valence electrons. The standard InChI is InChI=1S/C43H55N5O8S/c1-5-6-22-34-36(56-46-37-31-19-14-12-17-29(31)30-18-13-15-20-32(30)37)25-35-38(49)45-43(40(51)47-57(53,54)28-23-24-28)26-27(43)16-10-8-7-9-11-21-33(39(50)48(34)35)44-41(52)55-42(2,3)4/h10,12-20,27-28,33-36H,5-9,11,21-26H2,1-4H3,(H,44,52)(H,45,49)(H,47,51)/b16-10-/t27?,33?,34-,35?,36+,43?/m0/s1. The maximum Gasteiger partial charge on any atom is 0.408 e. The van der Waals surface area contributed by atoms with E-state index in [9.17, 15) is 22.8 Å². The van der Waals surface area contributed by atoms with Gasteiger partial charge in [0, 0.05) is 23.5 Å². The summed E-state index contributed by atoms with van der Waals surface area (Å²) in [5.41, 5.74) is 2.22. The molecule has 3 N–H and O–H groups in total. The second-order valence-corrected chi connectivity index (χ2v) is 19.1. The molecule has 3 aliphatic carbocycles. The number of ether oxygens (including phenoxy) is 1. The SMILES string of the molecule is CCCC[C@H]1[C@H](ON=C2c3ccccc3-c3ccccc32)CC2C(=O)NC3(C(=O)NS(=O)(=O)C4CC4)CC3/C=C\CCCCCC(NC(=O)OC(C)(C)C)C(=O)N21. The minimum atomic E-state index is -3.90. The molecule has 0 spiro atoms. The number of nitrogens with zero attached hydrogens (tertiary/aromatic N) is 2. The third-order valence-electron chi connectivity index (χ3n) is 11.6. The van der Waals surface area contributed by atoms with Crippen LogP contribution < -0.4 is 15.4 Å². The molecule has 0 radical (unpaired) electrons. The number of hydrogen-bond acceptors (Lipinski definition) is 9. The second-order valence-electron chi connectivity index (χ2n) is 17.1. The lowest BCUT2D eigenvalue weighted by Gasteiger charge is -2.34. The zero-order valence-corrected chi connectivity index (χ0v) is 34.1. The molecule has 2 aliphatic heterocycles. The third kappa shape index (κ3) is 8.75. The van der Waals surface area contributed by atoms with Gasteiger partial charge in [0.15, 0.2) is 0 Å². The summed E-state index contributed by atoms with van der Waals surface area (Å²) in [7, 11) is -3.90. The molecule has 0 bridgehead atoms.